The van der Waals surface area contributed by atoms with Crippen molar-refractivity contribution in [2.24, 2.45) is 52.8 Å². The molecule has 0 bridgehead atoms. The van der Waals surface area contributed by atoms with Crippen molar-refractivity contribution >= 4 is 5.78 Å². The van der Waals surface area contributed by atoms with E-state index in [9.17, 15) is 15.0 Å². The molecule has 174 valence electrons. The van der Waals surface area contributed by atoms with Gasteiger partial charge in [0.2, 0.25) is 0 Å². The van der Waals surface area contributed by atoms with Crippen LogP contribution in [0.25, 0.3) is 0 Å². The first-order chi connectivity index (χ1) is 14.7. The van der Waals surface area contributed by atoms with Gasteiger partial charge in [0.1, 0.15) is 5.78 Å². The molecule has 4 saturated carbocycles. The van der Waals surface area contributed by atoms with Gasteiger partial charge in [-0.05, 0) is 105 Å². The maximum atomic E-state index is 13.2. The van der Waals surface area contributed by atoms with Crippen molar-refractivity contribution in [2.45, 2.75) is 96.3 Å². The van der Waals surface area contributed by atoms with Crippen LogP contribution in [0.3, 0.4) is 0 Å². The van der Waals surface area contributed by atoms with Gasteiger partial charge < -0.3 is 10.2 Å². The van der Waals surface area contributed by atoms with E-state index in [4.69, 9.17) is 0 Å². The standard InChI is InChI=1S/C27H43NO3/c1-15-4-7-25-27(3,31)21-6-5-17-18(20(21)14-28(25)13-15)11-22-19(17)12-24(30)23-10-16(29)8-9-26(22,23)2/h15-23,25,29,31H,4-14H2,1-3H3/t15-,16-,17+,18-,19+,20-,21+,22+,23+,25-,26+,27-/m0/s1. The fourth-order valence-corrected chi connectivity index (χ4v) is 10.4. The highest BCUT2D eigenvalue weighted by Crippen LogP contribution is 2.66. The van der Waals surface area contributed by atoms with Gasteiger partial charge in [-0.3, -0.25) is 9.69 Å². The SMILES string of the molecule is C[C@H]1CC[C@@H]2N(C1)C[C@H]1[C@H]3C[C@@H]4[C@H](CC(=O)[C@H]5C[C@@H](O)CC[C@@]54C)[C@@H]3CC[C@H]1[C@]2(C)O. The van der Waals surface area contributed by atoms with E-state index in [0.29, 0.717) is 53.8 Å². The number of ketones is 1. The van der Waals surface area contributed by atoms with Crippen LogP contribution in [-0.2, 0) is 4.79 Å². The molecule has 6 aliphatic rings. The molecule has 2 heterocycles. The first-order valence-corrected chi connectivity index (χ1v) is 13.4. The number of aliphatic hydroxyl groups is 2. The van der Waals surface area contributed by atoms with Crippen LogP contribution in [0.4, 0.5) is 0 Å². The average molecular weight is 430 g/mol. The third-order valence-corrected chi connectivity index (χ3v) is 11.8. The van der Waals surface area contributed by atoms with Crippen molar-refractivity contribution in [1.29, 1.82) is 0 Å². The largest absolute Gasteiger partial charge is 0.393 e. The van der Waals surface area contributed by atoms with Gasteiger partial charge in [-0.25, -0.2) is 0 Å². The predicted octanol–water partition coefficient (Wildman–Crippen LogP) is 3.89. The number of Topliss-reactive ketones (excluding diaryl/α,β-unsaturated/α-hetero) is 1. The van der Waals surface area contributed by atoms with E-state index in [1.807, 2.05) is 0 Å². The van der Waals surface area contributed by atoms with Crippen LogP contribution < -0.4 is 0 Å². The topological polar surface area (TPSA) is 60.8 Å². The molecule has 0 amide bonds. The van der Waals surface area contributed by atoms with E-state index < -0.39 is 5.60 Å². The summed E-state index contributed by atoms with van der Waals surface area (Å²) in [6, 6.07) is 0.341. The summed E-state index contributed by atoms with van der Waals surface area (Å²) in [4.78, 5) is 15.9. The zero-order chi connectivity index (χ0) is 21.7. The molecular formula is C27H43NO3. The molecule has 4 aliphatic carbocycles. The lowest BCUT2D eigenvalue weighted by molar-refractivity contribution is -0.175. The molecular weight excluding hydrogens is 386 g/mol. The van der Waals surface area contributed by atoms with E-state index in [-0.39, 0.29) is 17.4 Å². The normalized spacial score (nSPS) is 59.2. The molecule has 0 aromatic heterocycles. The average Bonchev–Trinajstić information content (AvgIpc) is 3.09. The van der Waals surface area contributed by atoms with E-state index in [2.05, 4.69) is 25.7 Å². The van der Waals surface area contributed by atoms with Gasteiger partial charge in [-0.2, -0.15) is 0 Å². The highest BCUT2D eigenvalue weighted by atomic mass is 16.3. The smallest absolute Gasteiger partial charge is 0.136 e. The summed E-state index contributed by atoms with van der Waals surface area (Å²) in [5.74, 6) is 4.82. The Labute approximate surface area is 188 Å². The van der Waals surface area contributed by atoms with Crippen LogP contribution in [0.2, 0.25) is 0 Å². The Morgan fingerprint density at radius 2 is 1.71 bits per heavy atom. The van der Waals surface area contributed by atoms with Crippen LogP contribution >= 0.6 is 0 Å². The van der Waals surface area contributed by atoms with E-state index in [1.165, 1.54) is 25.8 Å². The van der Waals surface area contributed by atoms with Gasteiger partial charge in [-0.1, -0.05) is 13.8 Å². The molecule has 0 unspecified atom stereocenters. The number of hydrogen-bond acceptors (Lipinski definition) is 4. The number of hydrogen-bond donors (Lipinski definition) is 2. The third kappa shape index (κ3) is 2.93. The highest BCUT2D eigenvalue weighted by Gasteiger charge is 2.64. The maximum Gasteiger partial charge on any atom is 0.136 e. The van der Waals surface area contributed by atoms with E-state index in [0.717, 1.165) is 44.6 Å². The van der Waals surface area contributed by atoms with Gasteiger partial charge >= 0.3 is 0 Å². The van der Waals surface area contributed by atoms with Gasteiger partial charge in [0.05, 0.1) is 11.7 Å². The van der Waals surface area contributed by atoms with Crippen molar-refractivity contribution in [3.8, 4) is 0 Å². The van der Waals surface area contributed by atoms with Crippen molar-refractivity contribution < 1.29 is 15.0 Å². The number of carbonyl (C=O) groups is 1. The molecule has 0 radical (unpaired) electrons. The second kappa shape index (κ2) is 7.03. The lowest BCUT2D eigenvalue weighted by Crippen LogP contribution is -2.67. The number of fused-ring (bicyclic) bond motifs is 8. The summed E-state index contributed by atoms with van der Waals surface area (Å²) < 4.78 is 0. The lowest BCUT2D eigenvalue weighted by atomic mass is 9.51. The van der Waals surface area contributed by atoms with Crippen LogP contribution in [0.15, 0.2) is 0 Å². The maximum absolute atomic E-state index is 13.2. The molecule has 0 aromatic carbocycles. The summed E-state index contributed by atoms with van der Waals surface area (Å²) in [5, 5.41) is 22.1. The van der Waals surface area contributed by atoms with Crippen LogP contribution in [0.5, 0.6) is 0 Å². The number of carbonyl (C=O) groups excluding carboxylic acids is 1. The predicted molar refractivity (Wildman–Crippen MR) is 120 cm³/mol. The molecule has 31 heavy (non-hydrogen) atoms. The number of piperidine rings is 2. The minimum absolute atomic E-state index is 0.0789. The zero-order valence-corrected chi connectivity index (χ0v) is 19.8. The number of nitrogens with zero attached hydrogens (tertiary/aromatic N) is 1. The van der Waals surface area contributed by atoms with Gasteiger partial charge in [0.15, 0.2) is 0 Å². The van der Waals surface area contributed by atoms with Crippen molar-refractivity contribution in [3.63, 3.8) is 0 Å². The second-order valence-corrected chi connectivity index (χ2v) is 13.2. The molecule has 4 nitrogen and oxygen atoms in total. The Hall–Kier alpha value is -0.450. The summed E-state index contributed by atoms with van der Waals surface area (Å²) >= 11 is 0. The Balaban J connectivity index is 1.31. The minimum Gasteiger partial charge on any atom is -0.393 e. The Bertz CT molecular complexity index is 751. The van der Waals surface area contributed by atoms with Gasteiger partial charge in [0, 0.05) is 31.5 Å². The lowest BCUT2D eigenvalue weighted by Gasteiger charge is -2.59. The molecule has 6 fully saturated rings. The van der Waals surface area contributed by atoms with E-state index in [1.54, 1.807) is 0 Å². The summed E-state index contributed by atoms with van der Waals surface area (Å²) in [6.07, 6.45) is 9.08. The summed E-state index contributed by atoms with van der Waals surface area (Å²) in [7, 11) is 0. The molecule has 4 heteroatoms. The van der Waals surface area contributed by atoms with Crippen molar-refractivity contribution in [2.75, 3.05) is 13.1 Å². The molecule has 2 saturated heterocycles. The zero-order valence-electron chi connectivity index (χ0n) is 19.8. The Morgan fingerprint density at radius 1 is 0.903 bits per heavy atom. The van der Waals surface area contributed by atoms with Crippen LogP contribution in [0.1, 0.15) is 78.6 Å². The molecule has 2 N–H and O–H groups in total. The van der Waals surface area contributed by atoms with Gasteiger partial charge in [-0.15, -0.1) is 0 Å². The summed E-state index contributed by atoms with van der Waals surface area (Å²) in [5.41, 5.74) is -0.482. The molecule has 0 aromatic rings. The Kier molecular flexibility index (Phi) is 4.78. The van der Waals surface area contributed by atoms with Crippen molar-refractivity contribution in [1.82, 2.24) is 4.90 Å². The number of aliphatic hydroxyl groups excluding tert-OH is 1. The minimum atomic E-state index is -0.570. The molecule has 0 spiro atoms. The first-order valence-electron chi connectivity index (χ1n) is 13.4. The van der Waals surface area contributed by atoms with Crippen LogP contribution in [0, 0.1) is 52.8 Å². The third-order valence-electron chi connectivity index (χ3n) is 11.8. The Morgan fingerprint density at radius 3 is 2.52 bits per heavy atom. The second-order valence-electron chi connectivity index (χ2n) is 13.2. The van der Waals surface area contributed by atoms with Crippen molar-refractivity contribution in [3.05, 3.63) is 0 Å². The highest BCUT2D eigenvalue weighted by molar-refractivity contribution is 5.83. The monoisotopic (exact) mass is 429 g/mol. The molecule has 6 rings (SSSR count). The molecule has 2 aliphatic heterocycles. The first kappa shape index (κ1) is 21.1. The van der Waals surface area contributed by atoms with Gasteiger partial charge in [0.25, 0.3) is 0 Å². The fraction of sp³-hybridized carbons (Fsp3) is 0.963. The van der Waals surface area contributed by atoms with E-state index >= 15 is 0 Å². The molecule has 12 atom stereocenters. The summed E-state index contributed by atoms with van der Waals surface area (Å²) in [6.45, 7) is 9.23. The quantitative estimate of drug-likeness (QED) is 0.613. The fourth-order valence-electron chi connectivity index (χ4n) is 10.4. The number of rotatable bonds is 0. The van der Waals surface area contributed by atoms with Crippen LogP contribution in [-0.4, -0.2) is 51.7 Å².